The summed E-state index contributed by atoms with van der Waals surface area (Å²) in [6.07, 6.45) is -1.08. The predicted molar refractivity (Wildman–Crippen MR) is 68.8 cm³/mol. The summed E-state index contributed by atoms with van der Waals surface area (Å²) in [4.78, 5) is 58.4. The smallest absolute Gasteiger partial charge is 0.310 e. The maximum absolute atomic E-state index is 9.87. The van der Waals surface area contributed by atoms with Crippen LogP contribution in [0.4, 0.5) is 0 Å². The molecular weight excluding hydrogens is 347 g/mol. The second-order valence-corrected chi connectivity index (χ2v) is 3.82. The van der Waals surface area contributed by atoms with Gasteiger partial charge in [-0.05, 0) is 20.8 Å². The summed E-state index contributed by atoms with van der Waals surface area (Å²) in [5.74, 6) is -4.12. The quantitative estimate of drug-likeness (QED) is 0.556. The van der Waals surface area contributed by atoms with Crippen LogP contribution in [-0.4, -0.2) is 50.6 Å². The Morgan fingerprint density at radius 1 is 0.545 bits per heavy atom. The van der Waals surface area contributed by atoms with Gasteiger partial charge < -0.3 is 15.3 Å². The average Bonchev–Trinajstić information content (AvgIpc) is 2.10. The molecule has 22 heavy (non-hydrogen) atoms. The van der Waals surface area contributed by atoms with Gasteiger partial charge in [-0.25, -0.2) is 0 Å². The Labute approximate surface area is 136 Å². The Balaban J connectivity index is -0.000000108. The van der Waals surface area contributed by atoms with E-state index in [2.05, 4.69) is 0 Å². The van der Waals surface area contributed by atoms with Gasteiger partial charge >= 0.3 is 17.9 Å². The molecule has 0 aromatic rings. The fraction of sp³-hybridized carbons (Fsp3) is 0.500. The van der Waals surface area contributed by atoms with Crippen molar-refractivity contribution in [1.82, 2.24) is 0 Å². The standard InChI is InChI=1S/3C4H6O3.Co/c3*1-3(5)2-4(6)7;/h3*2H2,1H3,(H,6,7);. The first-order chi connectivity index (χ1) is 9.38. The topological polar surface area (TPSA) is 163 Å². The molecule has 0 aliphatic heterocycles. The van der Waals surface area contributed by atoms with E-state index in [0.717, 1.165) is 0 Å². The van der Waals surface area contributed by atoms with Crippen LogP contribution in [0.1, 0.15) is 40.0 Å². The molecular formula is C12H18CoO9. The van der Waals surface area contributed by atoms with Gasteiger partial charge in [-0.3, -0.25) is 28.8 Å². The minimum absolute atomic E-state index is 0. The third-order valence-electron chi connectivity index (χ3n) is 1.20. The molecule has 0 bridgehead atoms. The van der Waals surface area contributed by atoms with Crippen LogP contribution in [0.3, 0.4) is 0 Å². The number of hydrogen-bond donors (Lipinski definition) is 3. The van der Waals surface area contributed by atoms with Crippen molar-refractivity contribution >= 4 is 35.3 Å². The summed E-state index contributed by atoms with van der Waals surface area (Å²) >= 11 is 0. The summed E-state index contributed by atoms with van der Waals surface area (Å²) in [6.45, 7) is 3.73. The number of hydrogen-bond acceptors (Lipinski definition) is 6. The molecule has 129 valence electrons. The van der Waals surface area contributed by atoms with E-state index in [1.165, 1.54) is 20.8 Å². The summed E-state index contributed by atoms with van der Waals surface area (Å²) in [5.41, 5.74) is 0. The molecule has 9 nitrogen and oxygen atoms in total. The van der Waals surface area contributed by atoms with Gasteiger partial charge in [0.05, 0.1) is 0 Å². The number of ketones is 3. The van der Waals surface area contributed by atoms with Crippen LogP contribution in [0.15, 0.2) is 0 Å². The summed E-state index contributed by atoms with van der Waals surface area (Å²) < 4.78 is 0. The molecule has 0 aromatic carbocycles. The van der Waals surface area contributed by atoms with Crippen LogP contribution >= 0.6 is 0 Å². The van der Waals surface area contributed by atoms with E-state index < -0.39 is 17.9 Å². The zero-order chi connectivity index (χ0) is 17.6. The molecule has 0 fully saturated rings. The zero-order valence-corrected chi connectivity index (χ0v) is 13.3. The maximum Gasteiger partial charge on any atom is 0.310 e. The molecule has 0 unspecified atom stereocenters. The van der Waals surface area contributed by atoms with Gasteiger partial charge in [0, 0.05) is 16.8 Å². The Kier molecular flexibility index (Phi) is 21.7. The minimum Gasteiger partial charge on any atom is -0.481 e. The number of carboxylic acid groups (broad SMARTS) is 3. The van der Waals surface area contributed by atoms with E-state index >= 15 is 0 Å². The molecule has 1 radical (unpaired) electrons. The van der Waals surface area contributed by atoms with Crippen LogP contribution in [0.2, 0.25) is 0 Å². The van der Waals surface area contributed by atoms with Gasteiger partial charge in [0.25, 0.3) is 0 Å². The van der Waals surface area contributed by atoms with Crippen LogP contribution in [-0.2, 0) is 45.5 Å². The first-order valence-electron chi connectivity index (χ1n) is 5.52. The van der Waals surface area contributed by atoms with Crippen molar-refractivity contribution in [1.29, 1.82) is 0 Å². The van der Waals surface area contributed by atoms with Crippen molar-refractivity contribution < 1.29 is 60.9 Å². The van der Waals surface area contributed by atoms with Crippen LogP contribution in [0.25, 0.3) is 0 Å². The van der Waals surface area contributed by atoms with E-state index in [9.17, 15) is 28.8 Å². The Bertz CT molecular complexity index is 317. The van der Waals surface area contributed by atoms with Crippen LogP contribution in [0, 0.1) is 0 Å². The fourth-order valence-electron chi connectivity index (χ4n) is 0.639. The SMILES string of the molecule is CC(=O)CC(=O)O.CC(=O)CC(=O)O.CC(=O)CC(=O)O.[Co]. The van der Waals surface area contributed by atoms with E-state index in [1.807, 2.05) is 0 Å². The van der Waals surface area contributed by atoms with E-state index in [1.54, 1.807) is 0 Å². The largest absolute Gasteiger partial charge is 0.481 e. The molecule has 0 saturated heterocycles. The van der Waals surface area contributed by atoms with Gasteiger partial charge in [-0.1, -0.05) is 0 Å². The van der Waals surface area contributed by atoms with Crippen LogP contribution in [0.5, 0.6) is 0 Å². The van der Waals surface area contributed by atoms with Gasteiger partial charge in [0.2, 0.25) is 0 Å². The van der Waals surface area contributed by atoms with Crippen molar-refractivity contribution in [3.05, 3.63) is 0 Å². The minimum atomic E-state index is -1.06. The first-order valence-corrected chi connectivity index (χ1v) is 5.52. The molecule has 0 amide bonds. The number of carbonyl (C=O) groups is 6. The monoisotopic (exact) mass is 365 g/mol. The fourth-order valence-corrected chi connectivity index (χ4v) is 0.639. The number of rotatable bonds is 6. The van der Waals surface area contributed by atoms with Crippen molar-refractivity contribution in [3.8, 4) is 0 Å². The summed E-state index contributed by atoms with van der Waals surface area (Å²) in [7, 11) is 0. The average molecular weight is 365 g/mol. The first kappa shape index (κ1) is 28.1. The molecule has 0 aliphatic rings. The van der Waals surface area contributed by atoms with Gasteiger partial charge in [-0.15, -0.1) is 0 Å². The van der Waals surface area contributed by atoms with Crippen LogP contribution < -0.4 is 0 Å². The molecule has 3 N–H and O–H groups in total. The molecule has 0 atom stereocenters. The summed E-state index contributed by atoms with van der Waals surface area (Å²) in [5, 5.41) is 23.6. The molecule has 0 spiro atoms. The van der Waals surface area contributed by atoms with E-state index in [-0.39, 0.29) is 53.4 Å². The Hall–Kier alpha value is -2.07. The third kappa shape index (κ3) is 52.1. The van der Waals surface area contributed by atoms with Gasteiger partial charge in [-0.2, -0.15) is 0 Å². The maximum atomic E-state index is 9.87. The molecule has 0 rings (SSSR count). The summed E-state index contributed by atoms with van der Waals surface area (Å²) in [6, 6.07) is 0. The number of Topliss-reactive ketones (excluding diaryl/α,β-unsaturated/α-hetero) is 3. The molecule has 0 aromatic heterocycles. The number of carbonyl (C=O) groups excluding carboxylic acids is 3. The number of carboxylic acids is 3. The molecule has 0 saturated carbocycles. The van der Waals surface area contributed by atoms with Gasteiger partial charge in [0.15, 0.2) is 0 Å². The Morgan fingerprint density at radius 3 is 0.682 bits per heavy atom. The van der Waals surface area contributed by atoms with E-state index in [0.29, 0.717) is 0 Å². The van der Waals surface area contributed by atoms with Gasteiger partial charge in [0.1, 0.15) is 36.6 Å². The zero-order valence-electron chi connectivity index (χ0n) is 12.2. The predicted octanol–water partition coefficient (Wildman–Crippen LogP) is 0.148. The molecule has 10 heteroatoms. The number of aliphatic carboxylic acids is 3. The second-order valence-electron chi connectivity index (χ2n) is 3.82. The normalized spacial score (nSPS) is 7.77. The van der Waals surface area contributed by atoms with Crippen molar-refractivity contribution in [3.63, 3.8) is 0 Å². The van der Waals surface area contributed by atoms with Crippen molar-refractivity contribution in [2.45, 2.75) is 40.0 Å². The second kappa shape index (κ2) is 17.0. The van der Waals surface area contributed by atoms with E-state index in [4.69, 9.17) is 15.3 Å². The Morgan fingerprint density at radius 2 is 0.682 bits per heavy atom. The molecule has 0 aliphatic carbocycles. The van der Waals surface area contributed by atoms with Crippen molar-refractivity contribution in [2.75, 3.05) is 0 Å². The molecule has 0 heterocycles. The van der Waals surface area contributed by atoms with Crippen molar-refractivity contribution in [2.24, 2.45) is 0 Å². The third-order valence-corrected chi connectivity index (χ3v) is 1.20.